The van der Waals surface area contributed by atoms with Crippen molar-refractivity contribution in [2.45, 2.75) is 51.5 Å². The summed E-state index contributed by atoms with van der Waals surface area (Å²) in [5, 5.41) is 3.01. The summed E-state index contributed by atoms with van der Waals surface area (Å²) in [6.45, 7) is 7.11. The van der Waals surface area contributed by atoms with Gasteiger partial charge in [0.1, 0.15) is 0 Å². The molecule has 2 aromatic carbocycles. The highest BCUT2D eigenvalue weighted by molar-refractivity contribution is 6.15. The Kier molecular flexibility index (Phi) is 8.54. The average Bonchev–Trinajstić information content (AvgIpc) is 2.92. The van der Waals surface area contributed by atoms with Crippen LogP contribution in [0.2, 0.25) is 0 Å². The van der Waals surface area contributed by atoms with Crippen LogP contribution in [-0.2, 0) is 14.3 Å². The Morgan fingerprint density at radius 1 is 0.944 bits per heavy atom. The number of benzene rings is 2. The summed E-state index contributed by atoms with van der Waals surface area (Å²) in [7, 11) is 0. The van der Waals surface area contributed by atoms with Crippen molar-refractivity contribution in [1.82, 2.24) is 10.2 Å². The normalized spacial score (nSPS) is 17.8. The number of morpholine rings is 1. The molecule has 7 heteroatoms. The molecular weight excluding hydrogens is 456 g/mol. The number of esters is 1. The maximum atomic E-state index is 13.2. The van der Waals surface area contributed by atoms with Gasteiger partial charge in [0.25, 0.3) is 5.91 Å². The van der Waals surface area contributed by atoms with E-state index in [9.17, 15) is 14.4 Å². The predicted molar refractivity (Wildman–Crippen MR) is 137 cm³/mol. The van der Waals surface area contributed by atoms with Crippen molar-refractivity contribution in [3.63, 3.8) is 0 Å². The molecule has 192 valence electrons. The Balaban J connectivity index is 1.38. The average molecular weight is 493 g/mol. The summed E-state index contributed by atoms with van der Waals surface area (Å²) < 4.78 is 10.9. The molecule has 1 saturated carbocycles. The fraction of sp³-hybridized carbons (Fsp3) is 0.483. The van der Waals surface area contributed by atoms with Gasteiger partial charge in [0.15, 0.2) is 12.4 Å². The number of carbonyl (C=O) groups is 3. The van der Waals surface area contributed by atoms with Gasteiger partial charge in [0.05, 0.1) is 18.8 Å². The van der Waals surface area contributed by atoms with Crippen molar-refractivity contribution in [2.24, 2.45) is 0 Å². The number of amides is 1. The Labute approximate surface area is 213 Å². The quantitative estimate of drug-likeness (QED) is 0.445. The standard InChI is InChI=1S/C29H36N2O5/c1-21-10-11-22(2)25(18-21)27(33)23-8-4-5-9-24(23)28(34)36-19-26(32)30-20-29(12-6-3-7-13-29)31-14-16-35-17-15-31/h4-5,8-11,18H,3,6-7,12-17,19-20H2,1-2H3,(H,30,32). The molecule has 1 amide bonds. The monoisotopic (exact) mass is 492 g/mol. The van der Waals surface area contributed by atoms with Gasteiger partial charge in [-0.25, -0.2) is 4.79 Å². The number of hydrogen-bond acceptors (Lipinski definition) is 6. The highest BCUT2D eigenvalue weighted by Crippen LogP contribution is 2.33. The van der Waals surface area contributed by atoms with Crippen LogP contribution in [0, 0.1) is 13.8 Å². The minimum Gasteiger partial charge on any atom is -0.452 e. The summed E-state index contributed by atoms with van der Waals surface area (Å²) in [6.07, 6.45) is 5.60. The molecule has 7 nitrogen and oxygen atoms in total. The van der Waals surface area contributed by atoms with Gasteiger partial charge < -0.3 is 14.8 Å². The highest BCUT2D eigenvalue weighted by Gasteiger charge is 2.38. The van der Waals surface area contributed by atoms with Gasteiger partial charge >= 0.3 is 5.97 Å². The van der Waals surface area contributed by atoms with Gasteiger partial charge in [-0.2, -0.15) is 0 Å². The SMILES string of the molecule is Cc1ccc(C)c(C(=O)c2ccccc2C(=O)OCC(=O)NCC2(N3CCOCC3)CCCCC2)c1. The zero-order valence-corrected chi connectivity index (χ0v) is 21.3. The maximum absolute atomic E-state index is 13.2. The van der Waals surface area contributed by atoms with Gasteiger partial charge in [-0.1, -0.05) is 55.2 Å². The number of rotatable bonds is 8. The summed E-state index contributed by atoms with van der Waals surface area (Å²) in [5.41, 5.74) is 2.72. The number of nitrogens with one attached hydrogen (secondary N) is 1. The zero-order valence-electron chi connectivity index (χ0n) is 21.3. The molecule has 36 heavy (non-hydrogen) atoms. The van der Waals surface area contributed by atoms with E-state index in [1.807, 2.05) is 32.0 Å². The van der Waals surface area contributed by atoms with Crippen LogP contribution in [0.25, 0.3) is 0 Å². The van der Waals surface area contributed by atoms with E-state index in [1.165, 1.54) is 6.42 Å². The molecule has 1 heterocycles. The first-order valence-electron chi connectivity index (χ1n) is 12.9. The maximum Gasteiger partial charge on any atom is 0.339 e. The summed E-state index contributed by atoms with van der Waals surface area (Å²) in [4.78, 5) is 41.3. The Hall–Kier alpha value is -3.03. The third-order valence-corrected chi connectivity index (χ3v) is 7.44. The third kappa shape index (κ3) is 6.02. The minimum atomic E-state index is -0.681. The molecule has 2 aromatic rings. The first-order valence-corrected chi connectivity index (χ1v) is 12.9. The van der Waals surface area contributed by atoms with Crippen LogP contribution < -0.4 is 5.32 Å². The highest BCUT2D eigenvalue weighted by atomic mass is 16.5. The lowest BCUT2D eigenvalue weighted by Crippen LogP contribution is -2.59. The van der Waals surface area contributed by atoms with Crippen molar-refractivity contribution in [3.05, 3.63) is 70.3 Å². The van der Waals surface area contributed by atoms with Gasteiger partial charge in [0, 0.05) is 36.3 Å². The van der Waals surface area contributed by atoms with Crippen molar-refractivity contribution < 1.29 is 23.9 Å². The van der Waals surface area contributed by atoms with Crippen LogP contribution in [-0.4, -0.2) is 67.6 Å². The number of hydrogen-bond donors (Lipinski definition) is 1. The largest absolute Gasteiger partial charge is 0.452 e. The lowest BCUT2D eigenvalue weighted by Gasteiger charge is -2.48. The van der Waals surface area contributed by atoms with E-state index in [0.717, 1.165) is 49.9 Å². The third-order valence-electron chi connectivity index (χ3n) is 7.44. The molecule has 0 spiro atoms. The molecule has 1 aliphatic heterocycles. The zero-order chi connectivity index (χ0) is 25.5. The fourth-order valence-corrected chi connectivity index (χ4v) is 5.36. The molecule has 0 aromatic heterocycles. The van der Waals surface area contributed by atoms with Crippen molar-refractivity contribution in [1.29, 1.82) is 0 Å². The number of carbonyl (C=O) groups excluding carboxylic acids is 3. The molecule has 4 rings (SSSR count). The van der Waals surface area contributed by atoms with Crippen LogP contribution in [0.15, 0.2) is 42.5 Å². The molecular formula is C29H36N2O5. The van der Waals surface area contributed by atoms with Crippen molar-refractivity contribution in [3.8, 4) is 0 Å². The summed E-state index contributed by atoms with van der Waals surface area (Å²) >= 11 is 0. The minimum absolute atomic E-state index is 0.0631. The number of nitrogens with zero attached hydrogens (tertiary/aromatic N) is 1. The van der Waals surface area contributed by atoms with E-state index < -0.39 is 5.97 Å². The van der Waals surface area contributed by atoms with E-state index in [-0.39, 0.29) is 35.0 Å². The van der Waals surface area contributed by atoms with Crippen LogP contribution in [0.5, 0.6) is 0 Å². The first kappa shape index (κ1) is 26.0. The second-order valence-corrected chi connectivity index (χ2v) is 9.93. The molecule has 0 bridgehead atoms. The van der Waals surface area contributed by atoms with E-state index in [1.54, 1.807) is 24.3 Å². The molecule has 0 radical (unpaired) electrons. The second kappa shape index (κ2) is 11.8. The number of aryl methyl sites for hydroxylation is 2. The van der Waals surface area contributed by atoms with E-state index in [2.05, 4.69) is 10.2 Å². The molecule has 1 saturated heterocycles. The Morgan fingerprint density at radius 3 is 2.36 bits per heavy atom. The fourth-order valence-electron chi connectivity index (χ4n) is 5.36. The molecule has 0 unspecified atom stereocenters. The second-order valence-electron chi connectivity index (χ2n) is 9.93. The van der Waals surface area contributed by atoms with Crippen molar-refractivity contribution in [2.75, 3.05) is 39.5 Å². The molecule has 0 atom stereocenters. The smallest absolute Gasteiger partial charge is 0.339 e. The Bertz CT molecular complexity index is 1100. The predicted octanol–water partition coefficient (Wildman–Crippen LogP) is 3.84. The number of ether oxygens (including phenoxy) is 2. The van der Waals surface area contributed by atoms with E-state index in [4.69, 9.17) is 9.47 Å². The molecule has 1 N–H and O–H groups in total. The topological polar surface area (TPSA) is 84.9 Å². The van der Waals surface area contributed by atoms with E-state index >= 15 is 0 Å². The van der Waals surface area contributed by atoms with Gasteiger partial charge in [0.2, 0.25) is 0 Å². The summed E-state index contributed by atoms with van der Waals surface area (Å²) in [6, 6.07) is 12.3. The van der Waals surface area contributed by atoms with Gasteiger partial charge in [-0.05, 0) is 44.4 Å². The molecule has 2 aliphatic rings. The van der Waals surface area contributed by atoms with Crippen LogP contribution >= 0.6 is 0 Å². The lowest BCUT2D eigenvalue weighted by atomic mass is 9.79. The molecule has 1 aliphatic carbocycles. The number of ketones is 1. The van der Waals surface area contributed by atoms with Gasteiger partial charge in [-0.3, -0.25) is 14.5 Å². The lowest BCUT2D eigenvalue weighted by molar-refractivity contribution is -0.125. The van der Waals surface area contributed by atoms with Crippen LogP contribution in [0.3, 0.4) is 0 Å². The van der Waals surface area contributed by atoms with Crippen LogP contribution in [0.4, 0.5) is 0 Å². The summed E-state index contributed by atoms with van der Waals surface area (Å²) in [5.74, 6) is -1.25. The van der Waals surface area contributed by atoms with Crippen molar-refractivity contribution >= 4 is 17.7 Å². The van der Waals surface area contributed by atoms with E-state index in [0.29, 0.717) is 25.3 Å². The van der Waals surface area contributed by atoms with Gasteiger partial charge in [-0.15, -0.1) is 0 Å². The Morgan fingerprint density at radius 2 is 1.64 bits per heavy atom. The first-order chi connectivity index (χ1) is 17.4. The molecule has 2 fully saturated rings. The van der Waals surface area contributed by atoms with Crippen LogP contribution in [0.1, 0.15) is 69.5 Å².